The third-order valence-electron chi connectivity index (χ3n) is 2.74. The molecule has 0 amide bonds. The van der Waals surface area contributed by atoms with E-state index in [4.69, 9.17) is 10.00 Å². The number of carbonyl (C=O) groups excluding carboxylic acids is 1. The number of ether oxygens (including phenoxy) is 1. The van der Waals surface area contributed by atoms with Crippen molar-refractivity contribution < 1.29 is 9.53 Å². The third kappa shape index (κ3) is 2.33. The highest BCUT2D eigenvalue weighted by Crippen LogP contribution is 2.37. The van der Waals surface area contributed by atoms with Crippen molar-refractivity contribution in [3.8, 4) is 6.07 Å². The number of rotatable bonds is 4. The standard InChI is InChI=1S/C11H17NO2/c1-9(2)14-7-6-11(8-12)5-3-4-10(11)13/h9H,3-7H2,1-2H3. The van der Waals surface area contributed by atoms with E-state index >= 15 is 0 Å². The molecule has 3 nitrogen and oxygen atoms in total. The van der Waals surface area contributed by atoms with Crippen LogP contribution in [0.5, 0.6) is 0 Å². The molecule has 0 N–H and O–H groups in total. The summed E-state index contributed by atoms with van der Waals surface area (Å²) in [5.74, 6) is 0.104. The molecule has 0 radical (unpaired) electrons. The summed E-state index contributed by atoms with van der Waals surface area (Å²) < 4.78 is 5.38. The van der Waals surface area contributed by atoms with Gasteiger partial charge in [0.1, 0.15) is 5.41 Å². The minimum absolute atomic E-state index is 0.104. The Morgan fingerprint density at radius 2 is 2.36 bits per heavy atom. The lowest BCUT2D eigenvalue weighted by molar-refractivity contribution is -0.124. The van der Waals surface area contributed by atoms with Gasteiger partial charge < -0.3 is 4.74 Å². The zero-order valence-corrected chi connectivity index (χ0v) is 8.88. The van der Waals surface area contributed by atoms with E-state index in [1.165, 1.54) is 0 Å². The molecule has 0 aromatic heterocycles. The molecule has 3 heteroatoms. The predicted molar refractivity (Wildman–Crippen MR) is 52.6 cm³/mol. The lowest BCUT2D eigenvalue weighted by atomic mass is 9.84. The van der Waals surface area contributed by atoms with Gasteiger partial charge in [-0.1, -0.05) is 0 Å². The number of Topliss-reactive ketones (excluding diaryl/α,β-unsaturated/α-hetero) is 1. The summed E-state index contributed by atoms with van der Waals surface area (Å²) in [6.07, 6.45) is 2.86. The summed E-state index contributed by atoms with van der Waals surface area (Å²) in [5, 5.41) is 9.03. The molecule has 0 aliphatic heterocycles. The minimum atomic E-state index is -0.727. The second kappa shape index (κ2) is 4.56. The van der Waals surface area contributed by atoms with Crippen molar-refractivity contribution in [1.29, 1.82) is 5.26 Å². The lowest BCUT2D eigenvalue weighted by Gasteiger charge is -2.18. The van der Waals surface area contributed by atoms with Gasteiger partial charge in [0, 0.05) is 13.0 Å². The first kappa shape index (κ1) is 11.2. The highest BCUT2D eigenvalue weighted by atomic mass is 16.5. The van der Waals surface area contributed by atoms with Crippen LogP contribution in [0.25, 0.3) is 0 Å². The van der Waals surface area contributed by atoms with Gasteiger partial charge in [-0.05, 0) is 33.1 Å². The topological polar surface area (TPSA) is 50.1 Å². The molecule has 78 valence electrons. The quantitative estimate of drug-likeness (QED) is 0.690. The molecule has 0 saturated heterocycles. The van der Waals surface area contributed by atoms with Crippen molar-refractivity contribution in [3.63, 3.8) is 0 Å². The Hall–Kier alpha value is -0.880. The average molecular weight is 195 g/mol. The van der Waals surface area contributed by atoms with Crippen LogP contribution in [0.3, 0.4) is 0 Å². The van der Waals surface area contributed by atoms with Crippen molar-refractivity contribution in [3.05, 3.63) is 0 Å². The molecule has 14 heavy (non-hydrogen) atoms. The van der Waals surface area contributed by atoms with E-state index in [-0.39, 0.29) is 11.9 Å². The largest absolute Gasteiger partial charge is 0.379 e. The van der Waals surface area contributed by atoms with Crippen LogP contribution in [0, 0.1) is 16.7 Å². The molecule has 0 bridgehead atoms. The molecular weight excluding hydrogens is 178 g/mol. The van der Waals surface area contributed by atoms with E-state index in [9.17, 15) is 4.79 Å². The second-order valence-corrected chi connectivity index (χ2v) is 4.14. The Kier molecular flexibility index (Phi) is 3.65. The first-order valence-corrected chi connectivity index (χ1v) is 5.17. The number of hydrogen-bond donors (Lipinski definition) is 0. The van der Waals surface area contributed by atoms with Crippen LogP contribution < -0.4 is 0 Å². The molecule has 1 atom stereocenters. The first-order valence-electron chi connectivity index (χ1n) is 5.17. The van der Waals surface area contributed by atoms with Gasteiger partial charge in [0.15, 0.2) is 5.78 Å². The van der Waals surface area contributed by atoms with Gasteiger partial charge in [-0.15, -0.1) is 0 Å². The van der Waals surface area contributed by atoms with E-state index in [2.05, 4.69) is 6.07 Å². The number of hydrogen-bond acceptors (Lipinski definition) is 3. The Labute approximate surface area is 85.1 Å². The van der Waals surface area contributed by atoms with Crippen molar-refractivity contribution in [2.75, 3.05) is 6.61 Å². The smallest absolute Gasteiger partial charge is 0.153 e. The SMILES string of the molecule is CC(C)OCCC1(C#N)CCCC1=O. The van der Waals surface area contributed by atoms with Crippen molar-refractivity contribution in [1.82, 2.24) is 0 Å². The van der Waals surface area contributed by atoms with Crippen LogP contribution in [0.2, 0.25) is 0 Å². The van der Waals surface area contributed by atoms with Crippen molar-refractivity contribution in [2.24, 2.45) is 5.41 Å². The van der Waals surface area contributed by atoms with Crippen LogP contribution in [-0.2, 0) is 9.53 Å². The molecule has 0 aromatic rings. The highest BCUT2D eigenvalue weighted by Gasteiger charge is 2.41. The van der Waals surface area contributed by atoms with E-state index < -0.39 is 5.41 Å². The summed E-state index contributed by atoms with van der Waals surface area (Å²) in [4.78, 5) is 11.5. The zero-order chi connectivity index (χ0) is 10.6. The molecule has 0 aromatic carbocycles. The molecule has 1 fully saturated rings. The van der Waals surface area contributed by atoms with Gasteiger partial charge in [0.05, 0.1) is 12.2 Å². The monoisotopic (exact) mass is 195 g/mol. The molecule has 0 spiro atoms. The molecule has 1 unspecified atom stereocenters. The number of carbonyl (C=O) groups is 1. The van der Waals surface area contributed by atoms with E-state index in [0.717, 1.165) is 6.42 Å². The highest BCUT2D eigenvalue weighted by molar-refractivity contribution is 5.89. The Morgan fingerprint density at radius 1 is 1.64 bits per heavy atom. The average Bonchev–Trinajstić information content (AvgIpc) is 2.48. The fourth-order valence-electron chi connectivity index (χ4n) is 1.84. The summed E-state index contributed by atoms with van der Waals surface area (Å²) in [5.41, 5.74) is -0.727. The molecule has 1 saturated carbocycles. The van der Waals surface area contributed by atoms with Crippen LogP contribution >= 0.6 is 0 Å². The van der Waals surface area contributed by atoms with Gasteiger partial charge in [0.25, 0.3) is 0 Å². The molecular formula is C11H17NO2. The third-order valence-corrected chi connectivity index (χ3v) is 2.74. The van der Waals surface area contributed by atoms with E-state index in [1.54, 1.807) is 0 Å². The number of nitrogens with zero attached hydrogens (tertiary/aromatic N) is 1. The maximum absolute atomic E-state index is 11.5. The van der Waals surface area contributed by atoms with Crippen molar-refractivity contribution >= 4 is 5.78 Å². The fourth-order valence-corrected chi connectivity index (χ4v) is 1.84. The number of nitriles is 1. The maximum Gasteiger partial charge on any atom is 0.153 e. The normalized spacial score (nSPS) is 26.9. The van der Waals surface area contributed by atoms with Crippen LogP contribution in [0.1, 0.15) is 39.5 Å². The Morgan fingerprint density at radius 3 is 2.79 bits per heavy atom. The summed E-state index contributed by atoms with van der Waals surface area (Å²) in [7, 11) is 0. The van der Waals surface area contributed by atoms with Gasteiger partial charge >= 0.3 is 0 Å². The maximum atomic E-state index is 11.5. The Balaban J connectivity index is 2.47. The van der Waals surface area contributed by atoms with Crippen molar-refractivity contribution in [2.45, 2.75) is 45.6 Å². The van der Waals surface area contributed by atoms with E-state index in [0.29, 0.717) is 25.9 Å². The molecule has 1 rings (SSSR count). The molecule has 1 aliphatic carbocycles. The summed E-state index contributed by atoms with van der Waals surface area (Å²) in [6, 6.07) is 2.17. The summed E-state index contributed by atoms with van der Waals surface area (Å²) >= 11 is 0. The second-order valence-electron chi connectivity index (χ2n) is 4.14. The van der Waals surface area contributed by atoms with Crippen LogP contribution in [-0.4, -0.2) is 18.5 Å². The summed E-state index contributed by atoms with van der Waals surface area (Å²) in [6.45, 7) is 4.42. The predicted octanol–water partition coefficient (Wildman–Crippen LogP) is 2.06. The lowest BCUT2D eigenvalue weighted by Crippen LogP contribution is -2.26. The van der Waals surface area contributed by atoms with Gasteiger partial charge in [-0.2, -0.15) is 5.26 Å². The number of ketones is 1. The van der Waals surface area contributed by atoms with Gasteiger partial charge in [0.2, 0.25) is 0 Å². The molecule has 0 heterocycles. The van der Waals surface area contributed by atoms with Gasteiger partial charge in [-0.25, -0.2) is 0 Å². The van der Waals surface area contributed by atoms with Crippen LogP contribution in [0.4, 0.5) is 0 Å². The van der Waals surface area contributed by atoms with Crippen LogP contribution in [0.15, 0.2) is 0 Å². The van der Waals surface area contributed by atoms with E-state index in [1.807, 2.05) is 13.8 Å². The minimum Gasteiger partial charge on any atom is -0.379 e. The fraction of sp³-hybridized carbons (Fsp3) is 0.818. The van der Waals surface area contributed by atoms with Gasteiger partial charge in [-0.3, -0.25) is 4.79 Å². The Bertz CT molecular complexity index is 255. The first-order chi connectivity index (χ1) is 6.60. The zero-order valence-electron chi connectivity index (χ0n) is 8.88. The molecule has 1 aliphatic rings.